The SMILES string of the molecule is Cc1cc(C)c(C(=O)NCc2ccc(N3CCCCC3)nc2)c(=O)[nH]1. The molecule has 0 unspecified atom stereocenters. The number of hydrogen-bond acceptors (Lipinski definition) is 4. The number of carbonyl (C=O) groups is 1. The average molecular weight is 340 g/mol. The van der Waals surface area contributed by atoms with Crippen molar-refractivity contribution in [3.8, 4) is 0 Å². The van der Waals surface area contributed by atoms with Crippen LogP contribution in [0.25, 0.3) is 0 Å². The first-order valence-corrected chi connectivity index (χ1v) is 8.73. The van der Waals surface area contributed by atoms with E-state index in [-0.39, 0.29) is 17.0 Å². The molecule has 6 heteroatoms. The summed E-state index contributed by atoms with van der Waals surface area (Å²) in [4.78, 5) is 33.8. The fourth-order valence-electron chi connectivity index (χ4n) is 3.24. The van der Waals surface area contributed by atoms with Gasteiger partial charge in [-0.15, -0.1) is 0 Å². The zero-order valence-corrected chi connectivity index (χ0v) is 14.8. The Morgan fingerprint density at radius 1 is 1.24 bits per heavy atom. The lowest BCUT2D eigenvalue weighted by atomic mass is 10.1. The number of amides is 1. The molecule has 3 heterocycles. The van der Waals surface area contributed by atoms with Crippen LogP contribution in [-0.2, 0) is 6.54 Å². The van der Waals surface area contributed by atoms with E-state index in [1.165, 1.54) is 19.3 Å². The molecule has 0 saturated carbocycles. The maximum Gasteiger partial charge on any atom is 0.261 e. The average Bonchev–Trinajstić information content (AvgIpc) is 2.60. The summed E-state index contributed by atoms with van der Waals surface area (Å²) in [6, 6.07) is 5.77. The Bertz CT molecular complexity index is 805. The highest BCUT2D eigenvalue weighted by Gasteiger charge is 2.15. The highest BCUT2D eigenvalue weighted by molar-refractivity contribution is 5.95. The summed E-state index contributed by atoms with van der Waals surface area (Å²) in [6.07, 6.45) is 5.50. The van der Waals surface area contributed by atoms with Crippen molar-refractivity contribution in [3.05, 3.63) is 57.1 Å². The Balaban J connectivity index is 1.63. The summed E-state index contributed by atoms with van der Waals surface area (Å²) in [6.45, 7) is 6.02. The molecule has 0 radical (unpaired) electrons. The highest BCUT2D eigenvalue weighted by Crippen LogP contribution is 2.17. The maximum absolute atomic E-state index is 12.3. The number of nitrogens with zero attached hydrogens (tertiary/aromatic N) is 2. The lowest BCUT2D eigenvalue weighted by Crippen LogP contribution is -2.31. The summed E-state index contributed by atoms with van der Waals surface area (Å²) >= 11 is 0. The Kier molecular flexibility index (Phi) is 5.16. The normalized spacial score (nSPS) is 14.4. The number of aromatic nitrogens is 2. The van der Waals surface area contributed by atoms with Gasteiger partial charge in [-0.1, -0.05) is 6.07 Å². The van der Waals surface area contributed by atoms with E-state index in [1.807, 2.05) is 12.1 Å². The molecule has 25 heavy (non-hydrogen) atoms. The van der Waals surface area contributed by atoms with Crippen LogP contribution in [0, 0.1) is 13.8 Å². The molecule has 0 aromatic carbocycles. The number of aromatic amines is 1. The summed E-state index contributed by atoms with van der Waals surface area (Å²) in [5, 5.41) is 2.80. The molecule has 1 fully saturated rings. The van der Waals surface area contributed by atoms with Gasteiger partial charge in [0.05, 0.1) is 0 Å². The number of hydrogen-bond donors (Lipinski definition) is 2. The summed E-state index contributed by atoms with van der Waals surface area (Å²) < 4.78 is 0. The Hall–Kier alpha value is -2.63. The van der Waals surface area contributed by atoms with Crippen LogP contribution >= 0.6 is 0 Å². The highest BCUT2D eigenvalue weighted by atomic mass is 16.2. The fraction of sp³-hybridized carbons (Fsp3) is 0.421. The van der Waals surface area contributed by atoms with Gasteiger partial charge in [0.15, 0.2) is 0 Å². The van der Waals surface area contributed by atoms with Crippen LogP contribution in [0.3, 0.4) is 0 Å². The number of pyridine rings is 2. The molecule has 2 aromatic heterocycles. The molecule has 1 saturated heterocycles. The second-order valence-corrected chi connectivity index (χ2v) is 6.59. The van der Waals surface area contributed by atoms with Crippen molar-refractivity contribution in [1.82, 2.24) is 15.3 Å². The Morgan fingerprint density at radius 3 is 2.64 bits per heavy atom. The topological polar surface area (TPSA) is 78.1 Å². The number of rotatable bonds is 4. The molecule has 0 atom stereocenters. The van der Waals surface area contributed by atoms with Crippen LogP contribution in [0.4, 0.5) is 5.82 Å². The second kappa shape index (κ2) is 7.51. The predicted molar refractivity (Wildman–Crippen MR) is 98.0 cm³/mol. The van der Waals surface area contributed by atoms with Crippen molar-refractivity contribution in [1.29, 1.82) is 0 Å². The van der Waals surface area contributed by atoms with E-state index in [0.717, 1.165) is 30.2 Å². The van der Waals surface area contributed by atoms with E-state index in [0.29, 0.717) is 12.1 Å². The van der Waals surface area contributed by atoms with Gasteiger partial charge in [0.1, 0.15) is 11.4 Å². The number of piperidine rings is 1. The third-order valence-corrected chi connectivity index (χ3v) is 4.53. The van der Waals surface area contributed by atoms with Crippen LogP contribution < -0.4 is 15.8 Å². The van der Waals surface area contributed by atoms with Crippen LogP contribution in [0.1, 0.15) is 46.4 Å². The molecule has 1 aliphatic heterocycles. The van der Waals surface area contributed by atoms with E-state index in [9.17, 15) is 9.59 Å². The van der Waals surface area contributed by atoms with Gasteiger partial charge in [-0.25, -0.2) is 4.98 Å². The lowest BCUT2D eigenvalue weighted by Gasteiger charge is -2.27. The number of carbonyl (C=O) groups excluding carboxylic acids is 1. The molecule has 132 valence electrons. The Morgan fingerprint density at radius 2 is 2.00 bits per heavy atom. The molecule has 0 spiro atoms. The zero-order valence-electron chi connectivity index (χ0n) is 14.8. The number of H-pyrrole nitrogens is 1. The van der Waals surface area contributed by atoms with Crippen molar-refractivity contribution in [2.45, 2.75) is 39.7 Å². The summed E-state index contributed by atoms with van der Waals surface area (Å²) in [5.74, 6) is 0.624. The van der Waals surface area contributed by atoms with Gasteiger partial charge < -0.3 is 15.2 Å². The summed E-state index contributed by atoms with van der Waals surface area (Å²) in [5.41, 5.74) is 2.15. The number of aryl methyl sites for hydroxylation is 2. The minimum Gasteiger partial charge on any atom is -0.357 e. The molecular weight excluding hydrogens is 316 g/mol. The Labute approximate surface area is 147 Å². The first-order valence-electron chi connectivity index (χ1n) is 8.73. The zero-order chi connectivity index (χ0) is 17.8. The standard InChI is InChI=1S/C19H24N4O2/c1-13-10-14(2)22-19(25)17(13)18(24)21-12-15-6-7-16(20-11-15)23-8-4-3-5-9-23/h6-7,10-11H,3-5,8-9,12H2,1-2H3,(H,21,24)(H,22,25). The molecular formula is C19H24N4O2. The van der Waals surface area contributed by atoms with Gasteiger partial charge in [0.25, 0.3) is 11.5 Å². The van der Waals surface area contributed by atoms with E-state index < -0.39 is 0 Å². The molecule has 2 N–H and O–H groups in total. The van der Waals surface area contributed by atoms with Crippen molar-refractivity contribution < 1.29 is 4.79 Å². The van der Waals surface area contributed by atoms with Gasteiger partial charge >= 0.3 is 0 Å². The quantitative estimate of drug-likeness (QED) is 0.895. The van der Waals surface area contributed by atoms with Crippen molar-refractivity contribution in [3.63, 3.8) is 0 Å². The molecule has 1 amide bonds. The van der Waals surface area contributed by atoms with Crippen molar-refractivity contribution in [2.75, 3.05) is 18.0 Å². The molecule has 2 aromatic rings. The molecule has 0 aliphatic carbocycles. The molecule has 6 nitrogen and oxygen atoms in total. The third kappa shape index (κ3) is 4.07. The number of nitrogens with one attached hydrogen (secondary N) is 2. The van der Waals surface area contributed by atoms with Crippen LogP contribution in [0.2, 0.25) is 0 Å². The van der Waals surface area contributed by atoms with E-state index >= 15 is 0 Å². The monoisotopic (exact) mass is 340 g/mol. The van der Waals surface area contributed by atoms with Gasteiger partial charge in [-0.05, 0) is 56.4 Å². The van der Waals surface area contributed by atoms with Crippen molar-refractivity contribution >= 4 is 11.7 Å². The first kappa shape index (κ1) is 17.2. The van der Waals surface area contributed by atoms with Crippen molar-refractivity contribution in [2.24, 2.45) is 0 Å². The molecule has 3 rings (SSSR count). The van der Waals surface area contributed by atoms with Crippen LogP contribution in [-0.4, -0.2) is 29.0 Å². The van der Waals surface area contributed by atoms with Crippen LogP contribution in [0.15, 0.2) is 29.2 Å². The second-order valence-electron chi connectivity index (χ2n) is 6.59. The maximum atomic E-state index is 12.3. The first-order chi connectivity index (χ1) is 12.0. The van der Waals surface area contributed by atoms with Gasteiger partial charge in [0, 0.05) is 31.5 Å². The largest absolute Gasteiger partial charge is 0.357 e. The molecule has 0 bridgehead atoms. The molecule has 1 aliphatic rings. The van der Waals surface area contributed by atoms with Gasteiger partial charge in [-0.2, -0.15) is 0 Å². The van der Waals surface area contributed by atoms with Gasteiger partial charge in [-0.3, -0.25) is 9.59 Å². The van der Waals surface area contributed by atoms with E-state index in [4.69, 9.17) is 0 Å². The third-order valence-electron chi connectivity index (χ3n) is 4.53. The smallest absolute Gasteiger partial charge is 0.261 e. The number of anilines is 1. The lowest BCUT2D eigenvalue weighted by molar-refractivity contribution is 0.0948. The fourth-order valence-corrected chi connectivity index (χ4v) is 3.24. The van der Waals surface area contributed by atoms with E-state index in [2.05, 4.69) is 20.2 Å². The summed E-state index contributed by atoms with van der Waals surface area (Å²) in [7, 11) is 0. The van der Waals surface area contributed by atoms with E-state index in [1.54, 1.807) is 26.1 Å². The minimum atomic E-state index is -0.362. The minimum absolute atomic E-state index is 0.170. The predicted octanol–water partition coefficient (Wildman–Crippen LogP) is 2.31. The van der Waals surface area contributed by atoms with Gasteiger partial charge in [0.2, 0.25) is 0 Å². The van der Waals surface area contributed by atoms with Crippen LogP contribution in [0.5, 0.6) is 0 Å².